The lowest BCUT2D eigenvalue weighted by molar-refractivity contribution is -0.142. The number of sulfonamides is 1. The minimum absolute atomic E-state index is 0.0194. The molecule has 2 heterocycles. The molecule has 4 rings (SSSR count). The van der Waals surface area contributed by atoms with E-state index in [1.54, 1.807) is 5.38 Å². The van der Waals surface area contributed by atoms with Crippen molar-refractivity contribution in [3.63, 3.8) is 0 Å². The van der Waals surface area contributed by atoms with E-state index in [1.807, 2.05) is 6.07 Å². The first kappa shape index (κ1) is 24.2. The van der Waals surface area contributed by atoms with Crippen LogP contribution in [0.5, 0.6) is 11.5 Å². The van der Waals surface area contributed by atoms with E-state index in [4.69, 9.17) is 4.74 Å². The van der Waals surface area contributed by atoms with Crippen molar-refractivity contribution in [1.29, 1.82) is 5.26 Å². The lowest BCUT2D eigenvalue weighted by Gasteiger charge is -2.13. The van der Waals surface area contributed by atoms with Gasteiger partial charge in [0.25, 0.3) is 10.0 Å². The maximum Gasteiger partial charge on any atom is 0.408 e. The van der Waals surface area contributed by atoms with Gasteiger partial charge in [-0.3, -0.25) is 9.40 Å². The molecule has 0 radical (unpaired) electrons. The first-order valence-electron chi connectivity index (χ1n) is 9.57. The van der Waals surface area contributed by atoms with Crippen LogP contribution < -0.4 is 9.46 Å². The molecule has 0 aliphatic heterocycles. The van der Waals surface area contributed by atoms with E-state index >= 15 is 0 Å². The van der Waals surface area contributed by atoms with E-state index in [0.717, 1.165) is 41.9 Å². The van der Waals surface area contributed by atoms with Gasteiger partial charge in [0, 0.05) is 28.9 Å². The summed E-state index contributed by atoms with van der Waals surface area (Å²) in [7, 11) is -4.04. The highest BCUT2D eigenvalue weighted by Gasteiger charge is 2.28. The molecule has 2 aromatic carbocycles. The molecule has 14 heteroatoms. The molecule has 4 aromatic rings. The third-order valence-electron chi connectivity index (χ3n) is 4.48. The Labute approximate surface area is 200 Å². The third-order valence-corrected chi connectivity index (χ3v) is 6.64. The van der Waals surface area contributed by atoms with Crippen molar-refractivity contribution < 1.29 is 30.7 Å². The molecule has 0 aliphatic rings. The molecule has 35 heavy (non-hydrogen) atoms. The van der Waals surface area contributed by atoms with Crippen molar-refractivity contribution in [2.45, 2.75) is 17.6 Å². The number of rotatable bonds is 7. The van der Waals surface area contributed by atoms with Gasteiger partial charge in [-0.2, -0.15) is 23.5 Å². The van der Waals surface area contributed by atoms with Crippen molar-refractivity contribution in [3.8, 4) is 28.7 Å². The maximum absolute atomic E-state index is 13.9. The molecular weight excluding hydrogens is 510 g/mol. The number of thiazole rings is 1. The molecule has 0 bridgehead atoms. The zero-order valence-corrected chi connectivity index (χ0v) is 19.0. The van der Waals surface area contributed by atoms with Crippen LogP contribution >= 0.6 is 11.3 Å². The van der Waals surface area contributed by atoms with Gasteiger partial charge in [-0.05, 0) is 36.4 Å². The Morgan fingerprint density at radius 2 is 1.94 bits per heavy atom. The van der Waals surface area contributed by atoms with E-state index in [9.17, 15) is 31.2 Å². The summed E-state index contributed by atoms with van der Waals surface area (Å²) in [5.41, 5.74) is 0.0913. The smallest absolute Gasteiger partial charge is 0.408 e. The molecule has 2 aromatic heterocycles. The molecular formula is C21H13F4N5O3S2. The molecule has 8 nitrogen and oxygen atoms in total. The molecule has 0 spiro atoms. The molecule has 1 N–H and O–H groups in total. The van der Waals surface area contributed by atoms with Crippen molar-refractivity contribution in [2.24, 2.45) is 0 Å². The average molecular weight is 523 g/mol. The largest absolute Gasteiger partial charge is 0.455 e. The number of ether oxygens (including phenoxy) is 1. The number of halogens is 4. The van der Waals surface area contributed by atoms with E-state index in [-0.39, 0.29) is 38.2 Å². The van der Waals surface area contributed by atoms with Crippen molar-refractivity contribution in [1.82, 2.24) is 14.8 Å². The fourth-order valence-corrected chi connectivity index (χ4v) is 4.82. The molecule has 0 saturated carbocycles. The molecule has 0 aliphatic carbocycles. The van der Waals surface area contributed by atoms with Crippen molar-refractivity contribution >= 4 is 26.5 Å². The van der Waals surface area contributed by atoms with E-state index in [1.165, 1.54) is 24.4 Å². The first-order valence-corrected chi connectivity index (χ1v) is 11.9. The van der Waals surface area contributed by atoms with Gasteiger partial charge in [0.15, 0.2) is 5.13 Å². The lowest BCUT2D eigenvalue weighted by Crippen LogP contribution is -2.17. The number of benzene rings is 2. The monoisotopic (exact) mass is 523 g/mol. The summed E-state index contributed by atoms with van der Waals surface area (Å²) in [6.07, 6.45) is -0.866. The van der Waals surface area contributed by atoms with Gasteiger partial charge in [-0.1, -0.05) is 0 Å². The summed E-state index contributed by atoms with van der Waals surface area (Å²) in [5.74, 6) is -0.701. The number of nitriles is 1. The van der Waals surface area contributed by atoms with Crippen LogP contribution in [-0.2, 0) is 16.6 Å². The molecule has 0 amide bonds. The highest BCUT2D eigenvalue weighted by Crippen LogP contribution is 2.36. The minimum atomic E-state index is -4.50. The Balaban J connectivity index is 1.65. The van der Waals surface area contributed by atoms with Crippen LogP contribution in [0.1, 0.15) is 5.56 Å². The quantitative estimate of drug-likeness (QED) is 0.335. The van der Waals surface area contributed by atoms with Gasteiger partial charge >= 0.3 is 6.18 Å². The van der Waals surface area contributed by atoms with Gasteiger partial charge in [-0.25, -0.2) is 17.8 Å². The summed E-state index contributed by atoms with van der Waals surface area (Å²) in [5, 5.41) is 14.9. The Morgan fingerprint density at radius 1 is 1.17 bits per heavy atom. The predicted octanol–water partition coefficient (Wildman–Crippen LogP) is 5.17. The van der Waals surface area contributed by atoms with E-state index < -0.39 is 28.6 Å². The fourth-order valence-electron chi connectivity index (χ4n) is 3.01. The van der Waals surface area contributed by atoms with Crippen LogP contribution in [0.25, 0.3) is 11.1 Å². The zero-order chi connectivity index (χ0) is 25.2. The van der Waals surface area contributed by atoms with Gasteiger partial charge in [0.1, 0.15) is 29.9 Å². The number of aromatic nitrogens is 3. The normalized spacial score (nSPS) is 11.7. The highest BCUT2D eigenvalue weighted by molar-refractivity contribution is 7.93. The Kier molecular flexibility index (Phi) is 6.46. The van der Waals surface area contributed by atoms with Crippen LogP contribution in [0.4, 0.5) is 22.7 Å². The fraction of sp³-hybridized carbons (Fsp3) is 0.0952. The SMILES string of the molecule is N#Cc1cc(S(=O)(=O)Nc2nccs2)ccc1Oc1ccc(F)cc1-c1cnn(CC(F)(F)F)c1. The second-order valence-electron chi connectivity index (χ2n) is 7.00. The lowest BCUT2D eigenvalue weighted by atomic mass is 10.1. The van der Waals surface area contributed by atoms with Crippen LogP contribution in [0.15, 0.2) is 65.3 Å². The van der Waals surface area contributed by atoms with Crippen LogP contribution in [0, 0.1) is 17.1 Å². The standard InChI is InChI=1S/C21H13F4N5O3S2/c22-15-1-3-19(17(8-15)14-10-28-30(11-14)12-21(23,24)25)33-18-4-2-16(7-13(18)9-26)35(31,32)29-20-27-5-6-34-20/h1-8,10-11H,12H2,(H,27,29). The number of alkyl halides is 3. The highest BCUT2D eigenvalue weighted by atomic mass is 32.2. The number of hydrogen-bond donors (Lipinski definition) is 1. The number of nitrogens with zero attached hydrogens (tertiary/aromatic N) is 4. The topological polar surface area (TPSA) is 110 Å². The first-order chi connectivity index (χ1) is 16.5. The van der Waals surface area contributed by atoms with Gasteiger partial charge < -0.3 is 4.74 Å². The molecule has 180 valence electrons. The van der Waals surface area contributed by atoms with Crippen molar-refractivity contribution in [2.75, 3.05) is 4.72 Å². The number of nitrogens with one attached hydrogen (secondary N) is 1. The van der Waals surface area contributed by atoms with Crippen LogP contribution in [-0.4, -0.2) is 29.4 Å². The van der Waals surface area contributed by atoms with Gasteiger partial charge in [0.05, 0.1) is 16.7 Å². The third kappa shape index (κ3) is 5.76. The zero-order valence-electron chi connectivity index (χ0n) is 17.3. The summed E-state index contributed by atoms with van der Waals surface area (Å²) in [6, 6.07) is 8.74. The van der Waals surface area contributed by atoms with Gasteiger partial charge in [0.2, 0.25) is 0 Å². The summed E-state index contributed by atoms with van der Waals surface area (Å²) >= 11 is 1.07. The second-order valence-corrected chi connectivity index (χ2v) is 9.57. The predicted molar refractivity (Wildman–Crippen MR) is 118 cm³/mol. The summed E-state index contributed by atoms with van der Waals surface area (Å²) in [4.78, 5) is 3.63. The summed E-state index contributed by atoms with van der Waals surface area (Å²) in [6.45, 7) is -1.33. The van der Waals surface area contributed by atoms with Crippen LogP contribution in [0.3, 0.4) is 0 Å². The maximum atomic E-state index is 13.9. The average Bonchev–Trinajstić information content (AvgIpc) is 3.45. The van der Waals surface area contributed by atoms with E-state index in [2.05, 4.69) is 14.8 Å². The van der Waals surface area contributed by atoms with Crippen molar-refractivity contribution in [3.05, 3.63) is 71.7 Å². The Morgan fingerprint density at radius 3 is 2.63 bits per heavy atom. The molecule has 0 atom stereocenters. The Bertz CT molecular complexity index is 1510. The molecule has 0 unspecified atom stereocenters. The molecule has 0 fully saturated rings. The van der Waals surface area contributed by atoms with Crippen LogP contribution in [0.2, 0.25) is 0 Å². The Hall–Kier alpha value is -3.96. The number of anilines is 1. The van der Waals surface area contributed by atoms with E-state index in [0.29, 0.717) is 4.68 Å². The molecule has 0 saturated heterocycles. The summed E-state index contributed by atoms with van der Waals surface area (Å²) < 4.78 is 85.8. The van der Waals surface area contributed by atoms with Gasteiger partial charge in [-0.15, -0.1) is 11.3 Å². The minimum Gasteiger partial charge on any atom is -0.455 e. The number of hydrogen-bond acceptors (Lipinski definition) is 7. The second kappa shape index (κ2) is 9.35.